The average molecular weight is 226 g/mol. The molecule has 0 aromatic rings. The quantitative estimate of drug-likeness (QED) is 0.754. The van der Waals surface area contributed by atoms with E-state index in [0.717, 1.165) is 25.3 Å². The Morgan fingerprint density at radius 2 is 2.12 bits per heavy atom. The number of amides is 1. The summed E-state index contributed by atoms with van der Waals surface area (Å²) in [5, 5.41) is 3.00. The van der Waals surface area contributed by atoms with Crippen LogP contribution >= 0.6 is 0 Å². The Kier molecular flexibility index (Phi) is 5.81. The van der Waals surface area contributed by atoms with Gasteiger partial charge in [-0.05, 0) is 24.7 Å². The number of nitrogens with two attached hydrogens (primary N) is 1. The van der Waals surface area contributed by atoms with E-state index in [9.17, 15) is 4.79 Å². The van der Waals surface area contributed by atoms with E-state index < -0.39 is 0 Å². The molecule has 3 N–H and O–H groups in total. The maximum Gasteiger partial charge on any atom is 0.236 e. The summed E-state index contributed by atoms with van der Waals surface area (Å²) < 4.78 is 0. The fourth-order valence-electron chi connectivity index (χ4n) is 2.50. The van der Waals surface area contributed by atoms with Crippen molar-refractivity contribution in [2.75, 3.05) is 6.54 Å². The van der Waals surface area contributed by atoms with E-state index in [1.807, 2.05) is 0 Å². The van der Waals surface area contributed by atoms with Crippen LogP contribution in [0.15, 0.2) is 0 Å². The minimum absolute atomic E-state index is 0.0274. The lowest BCUT2D eigenvalue weighted by Gasteiger charge is -2.29. The van der Waals surface area contributed by atoms with Crippen molar-refractivity contribution in [3.63, 3.8) is 0 Å². The number of hydrogen-bond donors (Lipinski definition) is 2. The lowest BCUT2D eigenvalue weighted by Crippen LogP contribution is -2.43. The van der Waals surface area contributed by atoms with Crippen LogP contribution in [-0.4, -0.2) is 18.5 Å². The average Bonchev–Trinajstić information content (AvgIpc) is 2.28. The van der Waals surface area contributed by atoms with E-state index in [-0.39, 0.29) is 11.9 Å². The van der Waals surface area contributed by atoms with Crippen LogP contribution in [0.3, 0.4) is 0 Å². The van der Waals surface area contributed by atoms with E-state index in [1.54, 1.807) is 0 Å². The molecule has 2 unspecified atom stereocenters. The van der Waals surface area contributed by atoms with Gasteiger partial charge >= 0.3 is 0 Å². The van der Waals surface area contributed by atoms with Crippen molar-refractivity contribution in [1.82, 2.24) is 5.32 Å². The van der Waals surface area contributed by atoms with Gasteiger partial charge in [-0.2, -0.15) is 0 Å². The first kappa shape index (κ1) is 13.5. The van der Waals surface area contributed by atoms with Crippen LogP contribution in [0, 0.1) is 11.8 Å². The highest BCUT2D eigenvalue weighted by Gasteiger charge is 2.22. The molecule has 0 aromatic heterocycles. The SMILES string of the molecule is CCC[C@@H](N)C(=O)NCC1CCCCC1C. The van der Waals surface area contributed by atoms with Crippen molar-refractivity contribution in [3.8, 4) is 0 Å². The number of carbonyl (C=O) groups excluding carboxylic acids is 1. The van der Waals surface area contributed by atoms with Gasteiger partial charge in [0.25, 0.3) is 0 Å². The lowest BCUT2D eigenvalue weighted by molar-refractivity contribution is -0.122. The summed E-state index contributed by atoms with van der Waals surface area (Å²) in [6.07, 6.45) is 6.97. The highest BCUT2D eigenvalue weighted by molar-refractivity contribution is 5.81. The van der Waals surface area contributed by atoms with Crippen LogP contribution in [0.1, 0.15) is 52.4 Å². The van der Waals surface area contributed by atoms with Crippen LogP contribution in [-0.2, 0) is 4.79 Å². The van der Waals surface area contributed by atoms with Crippen molar-refractivity contribution in [2.24, 2.45) is 17.6 Å². The van der Waals surface area contributed by atoms with Gasteiger partial charge in [-0.25, -0.2) is 0 Å². The van der Waals surface area contributed by atoms with Gasteiger partial charge in [0.05, 0.1) is 6.04 Å². The van der Waals surface area contributed by atoms with Crippen LogP contribution in [0.4, 0.5) is 0 Å². The van der Waals surface area contributed by atoms with Gasteiger partial charge in [0.15, 0.2) is 0 Å². The third-order valence-electron chi connectivity index (χ3n) is 3.76. The molecule has 3 nitrogen and oxygen atoms in total. The summed E-state index contributed by atoms with van der Waals surface area (Å²) in [6, 6.07) is -0.316. The Morgan fingerprint density at radius 1 is 1.44 bits per heavy atom. The topological polar surface area (TPSA) is 55.1 Å². The summed E-state index contributed by atoms with van der Waals surface area (Å²) in [5.74, 6) is 1.43. The van der Waals surface area contributed by atoms with Crippen LogP contribution < -0.4 is 11.1 Å². The Labute approximate surface area is 99.2 Å². The molecular formula is C13H26N2O. The van der Waals surface area contributed by atoms with E-state index in [2.05, 4.69) is 19.2 Å². The lowest BCUT2D eigenvalue weighted by atomic mass is 9.80. The number of rotatable bonds is 5. The Balaban J connectivity index is 2.24. The summed E-state index contributed by atoms with van der Waals surface area (Å²) in [7, 11) is 0. The summed E-state index contributed by atoms with van der Waals surface area (Å²) in [5.41, 5.74) is 5.77. The predicted molar refractivity (Wildman–Crippen MR) is 67.0 cm³/mol. The largest absolute Gasteiger partial charge is 0.354 e. The van der Waals surface area contributed by atoms with Gasteiger partial charge in [-0.3, -0.25) is 4.79 Å². The minimum Gasteiger partial charge on any atom is -0.354 e. The molecule has 0 heterocycles. The van der Waals surface area contributed by atoms with Gasteiger partial charge in [0.2, 0.25) is 5.91 Å². The van der Waals surface area contributed by atoms with Crippen molar-refractivity contribution < 1.29 is 4.79 Å². The van der Waals surface area contributed by atoms with Crippen molar-refractivity contribution in [3.05, 3.63) is 0 Å². The Bertz CT molecular complexity index is 218. The number of carbonyl (C=O) groups is 1. The highest BCUT2D eigenvalue weighted by atomic mass is 16.2. The van der Waals surface area contributed by atoms with Crippen LogP contribution in [0.2, 0.25) is 0 Å². The molecule has 1 rings (SSSR count). The second-order valence-electron chi connectivity index (χ2n) is 5.16. The summed E-state index contributed by atoms with van der Waals surface area (Å²) >= 11 is 0. The normalized spacial score (nSPS) is 27.4. The van der Waals surface area contributed by atoms with Gasteiger partial charge in [-0.15, -0.1) is 0 Å². The predicted octanol–water partition coefficient (Wildman–Crippen LogP) is 2.06. The zero-order chi connectivity index (χ0) is 12.0. The fourth-order valence-corrected chi connectivity index (χ4v) is 2.50. The standard InChI is InChI=1S/C13H26N2O/c1-3-6-12(14)13(16)15-9-11-8-5-4-7-10(11)2/h10-12H,3-9,14H2,1-2H3,(H,15,16)/t10?,11?,12-/m1/s1. The van der Waals surface area contributed by atoms with E-state index in [4.69, 9.17) is 5.73 Å². The first-order valence-electron chi connectivity index (χ1n) is 6.68. The molecule has 3 heteroatoms. The van der Waals surface area contributed by atoms with E-state index in [1.165, 1.54) is 25.7 Å². The first-order valence-corrected chi connectivity index (χ1v) is 6.68. The summed E-state index contributed by atoms with van der Waals surface area (Å²) in [4.78, 5) is 11.6. The first-order chi connectivity index (χ1) is 7.65. The molecule has 0 spiro atoms. The molecule has 1 fully saturated rings. The molecule has 0 aliphatic heterocycles. The molecular weight excluding hydrogens is 200 g/mol. The fraction of sp³-hybridized carbons (Fsp3) is 0.923. The molecule has 0 saturated heterocycles. The molecule has 3 atom stereocenters. The molecule has 1 aliphatic rings. The monoisotopic (exact) mass is 226 g/mol. The van der Waals surface area contributed by atoms with Gasteiger partial charge in [-0.1, -0.05) is 39.5 Å². The Morgan fingerprint density at radius 3 is 2.75 bits per heavy atom. The van der Waals surface area contributed by atoms with E-state index in [0.29, 0.717) is 5.92 Å². The van der Waals surface area contributed by atoms with E-state index >= 15 is 0 Å². The number of hydrogen-bond acceptors (Lipinski definition) is 2. The zero-order valence-corrected chi connectivity index (χ0v) is 10.7. The third kappa shape index (κ3) is 4.12. The summed E-state index contributed by atoms with van der Waals surface area (Å²) in [6.45, 7) is 5.16. The maximum absolute atomic E-state index is 11.6. The molecule has 16 heavy (non-hydrogen) atoms. The molecule has 1 aliphatic carbocycles. The third-order valence-corrected chi connectivity index (χ3v) is 3.76. The minimum atomic E-state index is -0.316. The molecule has 94 valence electrons. The zero-order valence-electron chi connectivity index (χ0n) is 10.7. The van der Waals surface area contributed by atoms with Crippen molar-refractivity contribution in [1.29, 1.82) is 0 Å². The second kappa shape index (κ2) is 6.89. The Hall–Kier alpha value is -0.570. The molecule has 0 bridgehead atoms. The second-order valence-corrected chi connectivity index (χ2v) is 5.16. The molecule has 1 saturated carbocycles. The highest BCUT2D eigenvalue weighted by Crippen LogP contribution is 2.28. The van der Waals surface area contributed by atoms with Crippen molar-refractivity contribution >= 4 is 5.91 Å². The van der Waals surface area contributed by atoms with Crippen LogP contribution in [0.5, 0.6) is 0 Å². The maximum atomic E-state index is 11.6. The van der Waals surface area contributed by atoms with Gasteiger partial charge in [0, 0.05) is 6.54 Å². The van der Waals surface area contributed by atoms with Gasteiger partial charge < -0.3 is 11.1 Å². The number of nitrogens with one attached hydrogen (secondary N) is 1. The molecule has 0 aromatic carbocycles. The van der Waals surface area contributed by atoms with Gasteiger partial charge in [0.1, 0.15) is 0 Å². The molecule has 1 amide bonds. The van der Waals surface area contributed by atoms with Crippen molar-refractivity contribution in [2.45, 2.75) is 58.4 Å². The van der Waals surface area contributed by atoms with Crippen LogP contribution in [0.25, 0.3) is 0 Å². The molecule has 0 radical (unpaired) electrons. The smallest absolute Gasteiger partial charge is 0.236 e.